The van der Waals surface area contributed by atoms with Gasteiger partial charge in [0, 0.05) is 0 Å². The van der Waals surface area contributed by atoms with E-state index in [-0.39, 0.29) is 0 Å². The van der Waals surface area contributed by atoms with Gasteiger partial charge in [-0.1, -0.05) is 32.7 Å². The minimum atomic E-state index is -3.92. The van der Waals surface area contributed by atoms with E-state index in [0.717, 1.165) is 0 Å². The molecule has 0 aromatic rings. The van der Waals surface area contributed by atoms with Crippen molar-refractivity contribution in [1.82, 2.24) is 0 Å². The second-order valence-corrected chi connectivity index (χ2v) is 12.5. The summed E-state index contributed by atoms with van der Waals surface area (Å²) in [6.07, 6.45) is 0. The molecule has 0 aliphatic rings. The highest BCUT2D eigenvalue weighted by atomic mass is 28.3. The highest BCUT2D eigenvalue weighted by Gasteiger charge is 2.44. The summed E-state index contributed by atoms with van der Waals surface area (Å²) in [5.74, 6) is -7.78. The van der Waals surface area contributed by atoms with Crippen LogP contribution in [0.1, 0.15) is 0 Å². The van der Waals surface area contributed by atoms with E-state index in [9.17, 15) is 26.3 Å². The molecule has 0 unspecified atom stereocenters. The van der Waals surface area contributed by atoms with Crippen LogP contribution in [0.4, 0.5) is 26.3 Å². The predicted molar refractivity (Wildman–Crippen MR) is 54.3 cm³/mol. The summed E-state index contributed by atoms with van der Waals surface area (Å²) in [5.41, 5.74) is 0. The fraction of sp³-hybridized carbons (Fsp3) is 1.00. The van der Waals surface area contributed by atoms with E-state index >= 15 is 0 Å². The molecular formula is C7H16F6Si2. The second kappa shape index (κ2) is 5.37. The zero-order valence-electron chi connectivity index (χ0n) is 9.35. The lowest BCUT2D eigenvalue weighted by atomic mass is 11.5. The van der Waals surface area contributed by atoms with Crippen molar-refractivity contribution in [2.24, 2.45) is 0 Å². The molecule has 0 aliphatic carbocycles. The molecule has 0 atom stereocenters. The van der Waals surface area contributed by atoms with Gasteiger partial charge < -0.3 is 0 Å². The zero-order valence-corrected chi connectivity index (χ0v) is 11.5. The Labute approximate surface area is 88.3 Å². The maximum absolute atomic E-state index is 11.6. The Hall–Kier alpha value is 0.0138. The van der Waals surface area contributed by atoms with Gasteiger partial charge in [-0.15, -0.1) is 0 Å². The van der Waals surface area contributed by atoms with Crippen LogP contribution in [0, 0.1) is 0 Å². The van der Waals surface area contributed by atoms with Gasteiger partial charge in [0.1, 0.15) is 0 Å². The normalized spacial score (nSPS) is 13.6. The molecule has 0 aromatic carbocycles. The van der Waals surface area contributed by atoms with Crippen LogP contribution in [0.5, 0.6) is 0 Å². The average Bonchev–Trinajstić information content (AvgIpc) is 1.80. The summed E-state index contributed by atoms with van der Waals surface area (Å²) in [6.45, 7) is 6.38. The van der Waals surface area contributed by atoms with Crippen molar-refractivity contribution in [2.45, 2.75) is 44.3 Å². The Morgan fingerprint density at radius 2 is 0.933 bits per heavy atom. The number of halogens is 6. The van der Waals surface area contributed by atoms with Crippen molar-refractivity contribution >= 4 is 16.9 Å². The quantitative estimate of drug-likeness (QED) is 0.461. The fourth-order valence-corrected chi connectivity index (χ4v) is 0. The van der Waals surface area contributed by atoms with Gasteiger partial charge in [-0.2, -0.15) is 26.3 Å². The lowest BCUT2D eigenvalue weighted by molar-refractivity contribution is -0.0553. The van der Waals surface area contributed by atoms with E-state index in [0.29, 0.717) is 0 Å². The lowest BCUT2D eigenvalue weighted by Gasteiger charge is -2.19. The minimum Gasteiger partial charge on any atom is -0.177 e. The predicted octanol–water partition coefficient (Wildman–Crippen LogP) is 4.00. The van der Waals surface area contributed by atoms with Crippen molar-refractivity contribution in [3.05, 3.63) is 0 Å². The van der Waals surface area contributed by atoms with Crippen LogP contribution in [0.2, 0.25) is 32.7 Å². The van der Waals surface area contributed by atoms with Crippen molar-refractivity contribution < 1.29 is 26.3 Å². The highest BCUT2D eigenvalue weighted by molar-refractivity contribution is 6.77. The molecule has 0 aromatic heterocycles. The molecule has 0 bridgehead atoms. The first kappa shape index (κ1) is 17.4. The molecule has 0 rings (SSSR count). The largest absolute Gasteiger partial charge is 0.360 e. The molecule has 0 aliphatic heterocycles. The molecule has 0 N–H and O–H groups in total. The summed E-state index contributed by atoms with van der Waals surface area (Å²) in [6, 6.07) is 0. The number of hydrogen-bond donors (Lipinski definition) is 0. The monoisotopic (exact) mass is 270 g/mol. The van der Waals surface area contributed by atoms with Crippen LogP contribution >= 0.6 is 0 Å². The second-order valence-electron chi connectivity index (χ2n) is 4.44. The van der Waals surface area contributed by atoms with Crippen molar-refractivity contribution in [1.29, 1.82) is 0 Å². The van der Waals surface area contributed by atoms with Gasteiger partial charge in [0.2, 0.25) is 0 Å². The Morgan fingerprint density at radius 1 is 0.800 bits per heavy atom. The van der Waals surface area contributed by atoms with Gasteiger partial charge >= 0.3 is 11.6 Å². The summed E-state index contributed by atoms with van der Waals surface area (Å²) < 4.78 is 68.6. The van der Waals surface area contributed by atoms with E-state index in [1.54, 1.807) is 0 Å². The van der Waals surface area contributed by atoms with E-state index in [1.165, 1.54) is 32.7 Å². The molecule has 0 heterocycles. The van der Waals surface area contributed by atoms with Gasteiger partial charge in [-0.25, -0.2) is 0 Å². The Bertz CT molecular complexity index is 163. The maximum atomic E-state index is 11.6. The van der Waals surface area contributed by atoms with Crippen LogP contribution in [0.25, 0.3) is 0 Å². The Balaban J connectivity index is 0. The van der Waals surface area contributed by atoms with E-state index in [4.69, 9.17) is 0 Å². The maximum Gasteiger partial charge on any atom is 0.360 e. The standard InChI is InChI=1S/C4H9F3Si.C3H7F3Si/c1-8(2,3)4(5,6)7;1-7(2)3(4,5)6/h1-3H3;7H,1-2H3. The van der Waals surface area contributed by atoms with Crippen LogP contribution in [-0.2, 0) is 0 Å². The molecule has 0 amide bonds. The van der Waals surface area contributed by atoms with Crippen LogP contribution in [0.3, 0.4) is 0 Å². The van der Waals surface area contributed by atoms with Crippen molar-refractivity contribution in [3.63, 3.8) is 0 Å². The van der Waals surface area contributed by atoms with Gasteiger partial charge in [-0.05, 0) is 0 Å². The number of alkyl halides is 6. The van der Waals surface area contributed by atoms with Gasteiger partial charge in [0.15, 0.2) is 16.9 Å². The number of rotatable bonds is 0. The van der Waals surface area contributed by atoms with Crippen LogP contribution in [0.15, 0.2) is 0 Å². The van der Waals surface area contributed by atoms with Gasteiger partial charge in [0.05, 0.1) is 0 Å². The SMILES string of the molecule is C[SiH](C)C(F)(F)F.C[Si](C)(C)C(F)(F)F. The molecule has 94 valence electrons. The Kier molecular flexibility index (Phi) is 6.24. The summed E-state index contributed by atoms with van der Waals surface area (Å²) >= 11 is 0. The van der Waals surface area contributed by atoms with E-state index in [1.807, 2.05) is 0 Å². The number of hydrogen-bond acceptors (Lipinski definition) is 0. The van der Waals surface area contributed by atoms with E-state index in [2.05, 4.69) is 0 Å². The zero-order chi connectivity index (χ0) is 13.1. The third-order valence-electron chi connectivity index (χ3n) is 1.51. The fourth-order valence-electron chi connectivity index (χ4n) is 0. The molecule has 0 nitrogen and oxygen atoms in total. The molecule has 0 fully saturated rings. The van der Waals surface area contributed by atoms with Crippen molar-refractivity contribution in [2.75, 3.05) is 0 Å². The Morgan fingerprint density at radius 3 is 0.933 bits per heavy atom. The van der Waals surface area contributed by atoms with Crippen LogP contribution in [-0.4, -0.2) is 28.5 Å². The molecule has 0 radical (unpaired) electrons. The van der Waals surface area contributed by atoms with E-state index < -0.39 is 28.5 Å². The molecule has 8 heteroatoms. The van der Waals surface area contributed by atoms with Crippen molar-refractivity contribution in [3.8, 4) is 0 Å². The summed E-state index contributed by atoms with van der Waals surface area (Å²) in [7, 11) is -5.22. The smallest absolute Gasteiger partial charge is 0.177 e. The summed E-state index contributed by atoms with van der Waals surface area (Å²) in [4.78, 5) is 0. The van der Waals surface area contributed by atoms with Gasteiger partial charge in [-0.3, -0.25) is 0 Å². The topological polar surface area (TPSA) is 0 Å². The first-order valence-corrected chi connectivity index (χ1v) is 10.7. The first-order valence-electron chi connectivity index (χ1n) is 4.33. The lowest BCUT2D eigenvalue weighted by Crippen LogP contribution is -2.40. The molecule has 0 spiro atoms. The third kappa shape index (κ3) is 8.97. The first-order chi connectivity index (χ1) is 6.19. The van der Waals surface area contributed by atoms with Gasteiger partial charge in [0.25, 0.3) is 0 Å². The molecule has 15 heavy (non-hydrogen) atoms. The molecule has 0 saturated carbocycles. The summed E-state index contributed by atoms with van der Waals surface area (Å²) in [5, 5.41) is 0. The minimum absolute atomic E-state index is 1.26. The molecular weight excluding hydrogens is 254 g/mol. The highest BCUT2D eigenvalue weighted by Crippen LogP contribution is 2.27. The van der Waals surface area contributed by atoms with Crippen LogP contribution < -0.4 is 0 Å². The average molecular weight is 270 g/mol. The third-order valence-corrected chi connectivity index (χ3v) is 4.52. The molecule has 0 saturated heterocycles.